The summed E-state index contributed by atoms with van der Waals surface area (Å²) < 4.78 is 81.2. The van der Waals surface area contributed by atoms with E-state index in [9.17, 15) is 38.4 Å². The van der Waals surface area contributed by atoms with Crippen molar-refractivity contribution in [3.8, 4) is 12.3 Å². The fraction of sp³-hybridized carbons (Fsp3) is 0.692. The average Bonchev–Trinajstić information content (AvgIpc) is 4.01. The zero-order valence-electron chi connectivity index (χ0n) is 47.6. The molecule has 4 heterocycles. The van der Waals surface area contributed by atoms with Crippen molar-refractivity contribution in [2.45, 2.75) is 114 Å². The fourth-order valence-corrected chi connectivity index (χ4v) is 8.73. The Labute approximate surface area is 485 Å². The highest BCUT2D eigenvalue weighted by molar-refractivity contribution is 5.87. The van der Waals surface area contributed by atoms with Crippen LogP contribution in [0, 0.1) is 18.3 Å². The van der Waals surface area contributed by atoms with Gasteiger partial charge in [-0.3, -0.25) is 14.4 Å². The summed E-state index contributed by atoms with van der Waals surface area (Å²) >= 11 is 0. The van der Waals surface area contributed by atoms with Crippen molar-refractivity contribution in [2.24, 2.45) is 38.8 Å². The number of terminal acetylenes is 1. The molecule has 2 fully saturated rings. The van der Waals surface area contributed by atoms with Gasteiger partial charge in [0.1, 0.15) is 25.9 Å². The van der Waals surface area contributed by atoms with Gasteiger partial charge in [0.2, 0.25) is 23.3 Å². The van der Waals surface area contributed by atoms with Crippen molar-refractivity contribution >= 4 is 60.0 Å². The van der Waals surface area contributed by atoms with Crippen LogP contribution in [0.25, 0.3) is 0 Å². The van der Waals surface area contributed by atoms with Gasteiger partial charge in [-0.15, -0.1) is 6.42 Å². The number of nitrogens with two attached hydrogens (primary N) is 4. The fourth-order valence-electron chi connectivity index (χ4n) is 8.73. The molecular formula is C52H79N9O23. The van der Waals surface area contributed by atoms with Crippen LogP contribution in [0.1, 0.15) is 58.8 Å². The second kappa shape index (κ2) is 37.4. The van der Waals surface area contributed by atoms with Gasteiger partial charge < -0.3 is 110 Å². The van der Waals surface area contributed by atoms with Crippen LogP contribution < -0.4 is 33.6 Å². The van der Waals surface area contributed by atoms with E-state index in [4.69, 9.17) is 100 Å². The van der Waals surface area contributed by atoms with Crippen molar-refractivity contribution in [3.63, 3.8) is 0 Å². The van der Waals surface area contributed by atoms with Crippen molar-refractivity contribution < 1.29 is 109 Å². The van der Waals surface area contributed by atoms with Crippen molar-refractivity contribution in [3.05, 3.63) is 23.7 Å². The number of amides is 3. The Morgan fingerprint density at radius 3 is 1.76 bits per heavy atom. The van der Waals surface area contributed by atoms with E-state index in [0.717, 1.165) is 14.2 Å². The summed E-state index contributed by atoms with van der Waals surface area (Å²) in [4.78, 5) is 112. The molecule has 84 heavy (non-hydrogen) atoms. The minimum Gasteiger partial charge on any atom is -0.479 e. The maximum Gasteiger partial charge on any atom is 0.508 e. The molecule has 4 aliphatic rings. The second-order valence-electron chi connectivity index (χ2n) is 18.9. The molecule has 0 aromatic heterocycles. The predicted molar refractivity (Wildman–Crippen MR) is 288 cm³/mol. The summed E-state index contributed by atoms with van der Waals surface area (Å²) in [7, 11) is 2.25. The maximum atomic E-state index is 13.5. The number of hydrogen-bond donors (Lipinski definition) is 6. The van der Waals surface area contributed by atoms with Gasteiger partial charge in [-0.25, -0.2) is 34.0 Å². The molecule has 0 unspecified atom stereocenters. The van der Waals surface area contributed by atoms with E-state index in [1.165, 1.54) is 19.1 Å². The summed E-state index contributed by atoms with van der Waals surface area (Å²) in [5.41, 5.74) is 22.6. The van der Waals surface area contributed by atoms with E-state index >= 15 is 0 Å². The largest absolute Gasteiger partial charge is 0.508 e. The van der Waals surface area contributed by atoms with Crippen LogP contribution in [0.3, 0.4) is 0 Å². The minimum atomic E-state index is -1.48. The number of nitrogens with zero attached hydrogens (tertiary/aromatic N) is 3. The molecule has 0 radical (unpaired) electrons. The monoisotopic (exact) mass is 1200 g/mol. The number of methoxy groups -OCH3 is 2. The number of cyclic esters (lactones) is 4. The Bertz CT molecular complexity index is 2340. The predicted octanol–water partition coefficient (Wildman–Crippen LogP) is -1.32. The average molecular weight is 1200 g/mol. The highest BCUT2D eigenvalue weighted by Crippen LogP contribution is 2.33. The standard InChI is InChI=1S/C52H79N9O23/c1-6-17-72-21-23-75-25-26-76-24-22-74-19-13-39(63)61(16-20-73-18-11-12-40(64)83-43(37-29-77-51(68)81-37)42-31(2)33(59-48(53)54)27-35(79-42)46(65)70-4)15-10-8-7-9-14-57-50(67)84-44(38-30-78-52(69)82-38)45-41(58-32(3)62)34(60-49(55)56)28-36(80-45)47(66)71-5/h1,27-28,31,33-34,37-38,41-45H,7-26,29-30H2,2-5H3,(H,57,67)(H,58,62)(H4,53,54,59)(H4,55,56,60)/t31-,33+,34+,37-,38-,41-,42-,43-,44-,45-/m1/s1. The van der Waals surface area contributed by atoms with Gasteiger partial charge in [-0.1, -0.05) is 25.7 Å². The summed E-state index contributed by atoms with van der Waals surface area (Å²) in [5, 5.41) is 5.30. The molecule has 0 aromatic carbocycles. The lowest BCUT2D eigenvalue weighted by Crippen LogP contribution is -2.61. The number of alkyl carbamates (subject to hydrolysis) is 1. The lowest BCUT2D eigenvalue weighted by Gasteiger charge is -2.39. The Balaban J connectivity index is 1.29. The molecule has 32 heteroatoms. The van der Waals surface area contributed by atoms with Crippen molar-refractivity contribution in [1.29, 1.82) is 0 Å². The number of carbonyl (C=O) groups is 8. The topological polar surface area (TPSA) is 431 Å². The summed E-state index contributed by atoms with van der Waals surface area (Å²) in [6.07, 6.45) is -0.452. The molecule has 0 aliphatic carbocycles. The Hall–Kier alpha value is -7.86. The summed E-state index contributed by atoms with van der Waals surface area (Å²) in [6, 6.07) is -3.08. The number of aliphatic imine (C=N–C) groups is 2. The van der Waals surface area contributed by atoms with E-state index in [1.54, 1.807) is 11.8 Å². The molecule has 3 amide bonds. The van der Waals surface area contributed by atoms with E-state index in [2.05, 4.69) is 26.5 Å². The molecule has 4 rings (SSSR count). The van der Waals surface area contributed by atoms with Gasteiger partial charge in [-0.2, -0.15) is 0 Å². The minimum absolute atomic E-state index is 0.0635. The summed E-state index contributed by atoms with van der Waals surface area (Å²) in [5.74, 6) is -2.74. The first-order valence-corrected chi connectivity index (χ1v) is 27.1. The molecule has 2 saturated heterocycles. The summed E-state index contributed by atoms with van der Waals surface area (Å²) in [6.45, 7) is 5.44. The number of hydrogen-bond acceptors (Lipinski definition) is 25. The smallest absolute Gasteiger partial charge is 0.479 e. The van der Waals surface area contributed by atoms with E-state index < -0.39 is 109 Å². The van der Waals surface area contributed by atoms with E-state index in [-0.39, 0.29) is 109 Å². The maximum absolute atomic E-state index is 13.5. The highest BCUT2D eigenvalue weighted by atomic mass is 16.8. The van der Waals surface area contributed by atoms with Crippen LogP contribution in [-0.2, 0) is 95.0 Å². The van der Waals surface area contributed by atoms with Crippen LogP contribution in [0.2, 0.25) is 0 Å². The lowest BCUT2D eigenvalue weighted by molar-refractivity contribution is -0.171. The normalized spacial score (nSPS) is 22.1. The third kappa shape index (κ3) is 24.2. The first-order chi connectivity index (χ1) is 40.3. The Morgan fingerprint density at radius 1 is 0.667 bits per heavy atom. The van der Waals surface area contributed by atoms with Crippen LogP contribution in [0.5, 0.6) is 0 Å². The number of nitrogens with one attached hydrogen (secondary N) is 2. The third-order valence-electron chi connectivity index (χ3n) is 12.7. The van der Waals surface area contributed by atoms with Gasteiger partial charge in [0.25, 0.3) is 0 Å². The van der Waals surface area contributed by atoms with Crippen LogP contribution >= 0.6 is 0 Å². The molecule has 4 aliphatic heterocycles. The number of ether oxygens (including phenoxy) is 15. The molecule has 10 atom stereocenters. The van der Waals surface area contributed by atoms with Crippen LogP contribution in [0.15, 0.2) is 33.7 Å². The van der Waals surface area contributed by atoms with Gasteiger partial charge in [-0.05, 0) is 31.4 Å². The number of esters is 3. The number of rotatable bonds is 38. The lowest BCUT2D eigenvalue weighted by atomic mass is 9.87. The van der Waals surface area contributed by atoms with Crippen LogP contribution in [0.4, 0.5) is 14.4 Å². The van der Waals surface area contributed by atoms with Crippen molar-refractivity contribution in [1.82, 2.24) is 15.5 Å². The third-order valence-corrected chi connectivity index (χ3v) is 12.7. The molecule has 0 spiro atoms. The molecule has 470 valence electrons. The molecule has 0 saturated carbocycles. The number of unbranched alkanes of at least 4 members (excludes halogenated alkanes) is 3. The number of guanidine groups is 2. The van der Waals surface area contributed by atoms with Crippen molar-refractivity contribution in [2.75, 3.05) is 113 Å². The molecule has 0 aromatic rings. The Morgan fingerprint density at radius 2 is 1.20 bits per heavy atom. The first-order valence-electron chi connectivity index (χ1n) is 27.1. The Kier molecular flexibility index (Phi) is 30.5. The first kappa shape index (κ1) is 68.6. The highest BCUT2D eigenvalue weighted by Gasteiger charge is 2.51. The zero-order valence-corrected chi connectivity index (χ0v) is 47.6. The molecule has 0 bridgehead atoms. The number of carbonyl (C=O) groups excluding carboxylic acids is 8. The van der Waals surface area contributed by atoms with E-state index in [0.29, 0.717) is 58.7 Å². The SMILES string of the molecule is C#CCOCCOCCOCCOCCC(=O)N(CCCCCCNC(=O)O[C@@H]([C@@H]1OC(C(=O)OC)=C[C@H](N=C(N)N)[C@H]1NC(C)=O)[C@H]1COC(=O)O1)CCOCCCC(=O)O[C@@H]([C@@H]1OC(C(=O)OC)=C[C@H](N=C(N)N)[C@H]1C)[C@H]1COC(=O)O1. The van der Waals surface area contributed by atoms with Gasteiger partial charge in [0.15, 0.2) is 42.4 Å². The zero-order chi connectivity index (χ0) is 61.4. The van der Waals surface area contributed by atoms with Gasteiger partial charge >= 0.3 is 36.3 Å². The van der Waals surface area contributed by atoms with Gasteiger partial charge in [0, 0.05) is 45.5 Å². The quantitative estimate of drug-likeness (QED) is 0.0104. The van der Waals surface area contributed by atoms with Gasteiger partial charge in [0.05, 0.1) is 91.6 Å². The van der Waals surface area contributed by atoms with E-state index in [1.807, 2.05) is 0 Å². The molecule has 32 nitrogen and oxygen atoms in total. The molecular weight excluding hydrogens is 1120 g/mol. The molecule has 10 N–H and O–H groups in total. The van der Waals surface area contributed by atoms with Crippen LogP contribution in [-0.4, -0.2) is 233 Å². The second-order valence-corrected chi connectivity index (χ2v) is 18.9.